The van der Waals surface area contributed by atoms with Gasteiger partial charge in [0.25, 0.3) is 0 Å². The molecule has 2 heterocycles. The maximum Gasteiger partial charge on any atom is 0.243 e. The molecule has 10 nitrogen and oxygen atoms in total. The van der Waals surface area contributed by atoms with E-state index in [9.17, 15) is 15.3 Å². The molecular formula is C48H41N9O. The summed E-state index contributed by atoms with van der Waals surface area (Å²) in [4.78, 5) is 26.1. The first-order valence-corrected chi connectivity index (χ1v) is 18.7. The number of hydrogen-bond donors (Lipinski definition) is 2. The SMILES string of the molecule is CN(CC(=O)Nc1ccc(NCCN(Cc2ccccn2)Cc2ccccn2)cc1)c1ccc(/C=C/c2cc(C#N)c(/C=C/c3ccc(C#N)cc3)cc2C#N)cc1. The predicted octanol–water partition coefficient (Wildman–Crippen LogP) is 8.62. The number of nitrogens with zero attached hydrogens (tertiary/aromatic N) is 7. The number of hydrogen-bond acceptors (Lipinski definition) is 9. The van der Waals surface area contributed by atoms with Gasteiger partial charge >= 0.3 is 0 Å². The smallest absolute Gasteiger partial charge is 0.243 e. The maximum absolute atomic E-state index is 13.0. The fourth-order valence-corrected chi connectivity index (χ4v) is 6.18. The van der Waals surface area contributed by atoms with E-state index in [1.807, 2.05) is 140 Å². The molecule has 0 aliphatic heterocycles. The van der Waals surface area contributed by atoms with Crippen molar-refractivity contribution in [1.29, 1.82) is 15.8 Å². The summed E-state index contributed by atoms with van der Waals surface area (Å²) in [6.07, 6.45) is 11.0. The Balaban J connectivity index is 0.988. The van der Waals surface area contributed by atoms with Crippen LogP contribution in [0.1, 0.15) is 50.3 Å². The van der Waals surface area contributed by atoms with E-state index in [-0.39, 0.29) is 12.5 Å². The minimum absolute atomic E-state index is 0.139. The molecular weight excluding hydrogens is 719 g/mol. The van der Waals surface area contributed by atoms with Crippen LogP contribution < -0.4 is 15.5 Å². The second-order valence-corrected chi connectivity index (χ2v) is 13.5. The van der Waals surface area contributed by atoms with Gasteiger partial charge in [0.15, 0.2) is 0 Å². The molecule has 2 aromatic heterocycles. The first-order valence-electron chi connectivity index (χ1n) is 18.7. The van der Waals surface area contributed by atoms with Crippen molar-refractivity contribution in [2.45, 2.75) is 13.1 Å². The summed E-state index contributed by atoms with van der Waals surface area (Å²) in [6.45, 7) is 3.10. The molecule has 0 aliphatic carbocycles. The number of carbonyl (C=O) groups excluding carboxylic acids is 1. The Kier molecular flexibility index (Phi) is 13.9. The number of amides is 1. The number of pyridine rings is 2. The largest absolute Gasteiger partial charge is 0.384 e. The standard InChI is InChI=1S/C48H41N9O/c1-56(35-48(58)55-44-20-18-43(19-21-44)54-26-27-57(33-45-6-2-4-24-52-45)34-46-7-3-5-25-53-46)47-22-14-37(15-23-47)13-17-40-29-41(31-50)39(28-42(40)32-51)16-12-36-8-10-38(30-49)11-9-36/h2-25,28-29,54H,26-27,33-35H2,1H3,(H,55,58)/b16-12+,17-13+. The molecule has 0 atom stereocenters. The summed E-state index contributed by atoms with van der Waals surface area (Å²) >= 11 is 0. The van der Waals surface area contributed by atoms with Crippen LogP contribution in [0.5, 0.6) is 0 Å². The lowest BCUT2D eigenvalue weighted by Crippen LogP contribution is -2.30. The Hall–Kier alpha value is -7.84. The third kappa shape index (κ3) is 11.6. The van der Waals surface area contributed by atoms with Crippen LogP contribution in [0.15, 0.2) is 134 Å². The van der Waals surface area contributed by atoms with Gasteiger partial charge in [0.1, 0.15) is 0 Å². The number of aromatic nitrogens is 2. The van der Waals surface area contributed by atoms with E-state index < -0.39 is 0 Å². The molecule has 4 aromatic carbocycles. The van der Waals surface area contributed by atoms with Crippen molar-refractivity contribution in [2.24, 2.45) is 0 Å². The monoisotopic (exact) mass is 759 g/mol. The molecule has 1 amide bonds. The summed E-state index contributed by atoms with van der Waals surface area (Å²) in [5.74, 6) is -0.139. The second-order valence-electron chi connectivity index (χ2n) is 13.5. The lowest BCUT2D eigenvalue weighted by molar-refractivity contribution is -0.114. The normalized spacial score (nSPS) is 10.9. The maximum atomic E-state index is 13.0. The molecule has 0 saturated heterocycles. The zero-order chi connectivity index (χ0) is 40.5. The highest BCUT2D eigenvalue weighted by Gasteiger charge is 2.11. The number of anilines is 3. The van der Waals surface area contributed by atoms with E-state index in [1.165, 1.54) is 0 Å². The van der Waals surface area contributed by atoms with Crippen molar-refractivity contribution >= 4 is 47.3 Å². The summed E-state index contributed by atoms with van der Waals surface area (Å²) in [6, 6.07) is 44.4. The Morgan fingerprint density at radius 3 is 1.69 bits per heavy atom. The van der Waals surface area contributed by atoms with E-state index >= 15 is 0 Å². The number of carbonyl (C=O) groups is 1. The van der Waals surface area contributed by atoms with E-state index in [0.717, 1.165) is 47.0 Å². The molecule has 6 rings (SSSR count). The second kappa shape index (κ2) is 20.2. The van der Waals surface area contributed by atoms with Gasteiger partial charge in [-0.15, -0.1) is 0 Å². The van der Waals surface area contributed by atoms with Crippen LogP contribution in [0.2, 0.25) is 0 Å². The molecule has 6 aromatic rings. The minimum Gasteiger partial charge on any atom is -0.384 e. The van der Waals surface area contributed by atoms with Gasteiger partial charge in [-0.2, -0.15) is 15.8 Å². The minimum atomic E-state index is -0.139. The third-order valence-corrected chi connectivity index (χ3v) is 9.28. The topological polar surface area (TPSA) is 145 Å². The van der Waals surface area contributed by atoms with Crippen molar-refractivity contribution in [3.8, 4) is 18.2 Å². The van der Waals surface area contributed by atoms with Crippen LogP contribution in [0.4, 0.5) is 17.1 Å². The number of rotatable bonds is 16. The van der Waals surface area contributed by atoms with Gasteiger partial charge in [-0.05, 0) is 107 Å². The molecule has 284 valence electrons. The third-order valence-electron chi connectivity index (χ3n) is 9.28. The molecule has 0 radical (unpaired) electrons. The van der Waals surface area contributed by atoms with Crippen molar-refractivity contribution in [1.82, 2.24) is 14.9 Å². The fraction of sp³-hybridized carbons (Fsp3) is 0.125. The number of benzene rings is 4. The van der Waals surface area contributed by atoms with Gasteiger partial charge < -0.3 is 15.5 Å². The van der Waals surface area contributed by atoms with Crippen LogP contribution in [0.3, 0.4) is 0 Å². The van der Waals surface area contributed by atoms with Gasteiger partial charge in [0.2, 0.25) is 5.91 Å². The van der Waals surface area contributed by atoms with Crippen molar-refractivity contribution in [3.05, 3.63) is 184 Å². The predicted molar refractivity (Wildman–Crippen MR) is 231 cm³/mol. The summed E-state index contributed by atoms with van der Waals surface area (Å²) in [5.41, 5.74) is 9.06. The summed E-state index contributed by atoms with van der Waals surface area (Å²) in [7, 11) is 1.86. The summed E-state index contributed by atoms with van der Waals surface area (Å²) < 4.78 is 0. The molecule has 0 unspecified atom stereocenters. The van der Waals surface area contributed by atoms with Crippen LogP contribution in [0.25, 0.3) is 24.3 Å². The first kappa shape index (κ1) is 39.8. The van der Waals surface area contributed by atoms with Crippen molar-refractivity contribution in [2.75, 3.05) is 42.2 Å². The van der Waals surface area contributed by atoms with Crippen molar-refractivity contribution in [3.63, 3.8) is 0 Å². The number of nitriles is 3. The molecule has 0 spiro atoms. The van der Waals surface area contributed by atoms with Gasteiger partial charge in [0, 0.05) is 62.7 Å². The van der Waals surface area contributed by atoms with Gasteiger partial charge in [-0.3, -0.25) is 19.7 Å². The Morgan fingerprint density at radius 1 is 0.655 bits per heavy atom. The lowest BCUT2D eigenvalue weighted by atomic mass is 9.97. The quantitative estimate of drug-likeness (QED) is 0.0927. The van der Waals surface area contributed by atoms with Crippen LogP contribution in [-0.2, 0) is 17.9 Å². The Morgan fingerprint density at radius 2 is 1.19 bits per heavy atom. The van der Waals surface area contributed by atoms with Gasteiger partial charge in [0.05, 0.1) is 52.8 Å². The van der Waals surface area contributed by atoms with Crippen molar-refractivity contribution < 1.29 is 4.79 Å². The first-order chi connectivity index (χ1) is 28.4. The summed E-state index contributed by atoms with van der Waals surface area (Å²) in [5, 5.41) is 35.2. The van der Waals surface area contributed by atoms with Gasteiger partial charge in [-0.1, -0.05) is 60.7 Å². The fourth-order valence-electron chi connectivity index (χ4n) is 6.18. The number of likely N-dealkylation sites (N-methyl/N-ethyl adjacent to an activating group) is 1. The zero-order valence-corrected chi connectivity index (χ0v) is 32.1. The van der Waals surface area contributed by atoms with E-state index in [0.29, 0.717) is 46.6 Å². The average molecular weight is 760 g/mol. The molecule has 0 aliphatic rings. The Bertz CT molecular complexity index is 2440. The van der Waals surface area contributed by atoms with E-state index in [2.05, 4.69) is 43.7 Å². The molecule has 0 saturated carbocycles. The van der Waals surface area contributed by atoms with Crippen LogP contribution in [-0.4, -0.2) is 47.5 Å². The Labute approximate surface area is 339 Å². The molecule has 10 heteroatoms. The zero-order valence-electron chi connectivity index (χ0n) is 32.1. The lowest BCUT2D eigenvalue weighted by Gasteiger charge is -2.22. The van der Waals surface area contributed by atoms with Crippen LogP contribution >= 0.6 is 0 Å². The van der Waals surface area contributed by atoms with E-state index in [1.54, 1.807) is 30.3 Å². The van der Waals surface area contributed by atoms with E-state index in [4.69, 9.17) is 5.26 Å². The van der Waals surface area contributed by atoms with Crippen LogP contribution in [0, 0.1) is 34.0 Å². The number of nitrogens with one attached hydrogen (secondary N) is 2. The highest BCUT2D eigenvalue weighted by Crippen LogP contribution is 2.23. The highest BCUT2D eigenvalue weighted by atomic mass is 16.2. The highest BCUT2D eigenvalue weighted by molar-refractivity contribution is 5.94. The molecule has 58 heavy (non-hydrogen) atoms. The average Bonchev–Trinajstić information content (AvgIpc) is 3.26. The molecule has 0 bridgehead atoms. The molecule has 2 N–H and O–H groups in total. The molecule has 0 fully saturated rings. The van der Waals surface area contributed by atoms with Gasteiger partial charge in [-0.25, -0.2) is 0 Å².